The second-order valence-corrected chi connectivity index (χ2v) is 12.7. The average Bonchev–Trinajstić information content (AvgIpc) is 3.11. The van der Waals surface area contributed by atoms with Crippen LogP contribution in [0, 0.1) is 0 Å². The molecule has 0 N–H and O–H groups in total. The van der Waals surface area contributed by atoms with Crippen molar-refractivity contribution in [3.05, 3.63) is 95.6 Å². The number of ether oxygens (including phenoxy) is 6. The minimum Gasteiger partial charge on any atom is -0.493 e. The van der Waals surface area contributed by atoms with Gasteiger partial charge in [-0.3, -0.25) is 0 Å². The van der Waals surface area contributed by atoms with E-state index in [1.807, 2.05) is 58.0 Å². The Labute approximate surface area is 280 Å². The third kappa shape index (κ3) is 9.61. The fourth-order valence-electron chi connectivity index (χ4n) is 4.64. The Hall–Kier alpha value is -4.28. The van der Waals surface area contributed by atoms with Crippen LogP contribution in [0.3, 0.4) is 0 Å². The van der Waals surface area contributed by atoms with Gasteiger partial charge in [0.1, 0.15) is 0 Å². The predicted octanol–water partition coefficient (Wildman–Crippen LogP) is 6.74. The first-order valence-electron chi connectivity index (χ1n) is 14.7. The first-order chi connectivity index (χ1) is 22.5. The number of pyridine rings is 2. The van der Waals surface area contributed by atoms with Crippen LogP contribution in [0.1, 0.15) is 22.3 Å². The highest BCUT2D eigenvalue weighted by Gasteiger charge is 2.13. The summed E-state index contributed by atoms with van der Waals surface area (Å²) in [6, 6.07) is 16.2. The number of aryl methyl sites for hydroxylation is 2. The molecule has 0 fully saturated rings. The second kappa shape index (κ2) is 18.0. The van der Waals surface area contributed by atoms with Crippen LogP contribution in [-0.4, -0.2) is 54.2 Å². The first kappa shape index (κ1) is 34.6. The number of hydrogen-bond donors (Lipinski definition) is 0. The molecule has 46 heavy (non-hydrogen) atoms. The topological polar surface area (TPSA) is 63.1 Å². The van der Waals surface area contributed by atoms with Crippen LogP contribution < -0.4 is 37.6 Å². The summed E-state index contributed by atoms with van der Waals surface area (Å²) in [5.74, 6) is 5.79. The maximum atomic E-state index is 5.46. The predicted molar refractivity (Wildman–Crippen MR) is 188 cm³/mol. The zero-order valence-corrected chi connectivity index (χ0v) is 28.9. The molecule has 0 saturated heterocycles. The molecule has 0 aliphatic rings. The number of benzene rings is 2. The molecule has 0 saturated carbocycles. The van der Waals surface area contributed by atoms with E-state index in [0.717, 1.165) is 46.8 Å². The van der Waals surface area contributed by atoms with E-state index in [1.54, 1.807) is 42.7 Å². The lowest BCUT2D eigenvalue weighted by molar-refractivity contribution is -0.692. The Bertz CT molecular complexity index is 1440. The van der Waals surface area contributed by atoms with Gasteiger partial charge in [-0.25, -0.2) is 9.13 Å². The van der Waals surface area contributed by atoms with Gasteiger partial charge in [-0.15, -0.1) is 0 Å². The molecule has 8 nitrogen and oxygen atoms in total. The Kier molecular flexibility index (Phi) is 13.5. The van der Waals surface area contributed by atoms with Crippen molar-refractivity contribution in [2.75, 3.05) is 54.2 Å². The Balaban J connectivity index is 1.18. The molecule has 0 aliphatic heterocycles. The molecule has 0 amide bonds. The van der Waals surface area contributed by atoms with Crippen molar-refractivity contribution in [1.29, 1.82) is 0 Å². The van der Waals surface area contributed by atoms with Gasteiger partial charge in [0, 0.05) is 24.3 Å². The molecule has 4 aromatic rings. The number of rotatable bonds is 17. The van der Waals surface area contributed by atoms with E-state index in [4.69, 9.17) is 28.4 Å². The average molecular weight is 663 g/mol. The molecule has 242 valence electrons. The zero-order valence-electron chi connectivity index (χ0n) is 27.2. The number of methoxy groups -OCH3 is 6. The van der Waals surface area contributed by atoms with Crippen LogP contribution in [0.4, 0.5) is 0 Å². The lowest BCUT2D eigenvalue weighted by Gasteiger charge is -2.12. The molecular formula is C36H42N2O6S2+2. The summed E-state index contributed by atoms with van der Waals surface area (Å²) in [7, 11) is 13.5. The highest BCUT2D eigenvalue weighted by atomic mass is 33.1. The van der Waals surface area contributed by atoms with Crippen LogP contribution in [-0.2, 0) is 13.1 Å². The molecule has 2 aromatic heterocycles. The number of nitrogens with zero attached hydrogens (tertiary/aromatic N) is 2. The third-order valence-electron chi connectivity index (χ3n) is 7.09. The van der Waals surface area contributed by atoms with E-state index in [9.17, 15) is 0 Å². The van der Waals surface area contributed by atoms with Gasteiger partial charge >= 0.3 is 0 Å². The highest BCUT2D eigenvalue weighted by molar-refractivity contribution is 8.76. The van der Waals surface area contributed by atoms with Gasteiger partial charge in [-0.05, 0) is 46.5 Å². The summed E-state index contributed by atoms with van der Waals surface area (Å²) in [4.78, 5) is 0. The largest absolute Gasteiger partial charge is 0.493 e. The molecule has 0 aliphatic carbocycles. The second-order valence-electron chi connectivity index (χ2n) is 9.97. The minimum atomic E-state index is 0.589. The summed E-state index contributed by atoms with van der Waals surface area (Å²) in [6.45, 7) is 1.91. The van der Waals surface area contributed by atoms with Gasteiger partial charge in [-0.2, -0.15) is 0 Å². The van der Waals surface area contributed by atoms with Crippen molar-refractivity contribution < 1.29 is 37.6 Å². The van der Waals surface area contributed by atoms with Gasteiger partial charge < -0.3 is 28.4 Å². The molecule has 2 heterocycles. The summed E-state index contributed by atoms with van der Waals surface area (Å²) in [6.07, 6.45) is 16.7. The molecule has 0 spiro atoms. The van der Waals surface area contributed by atoms with Crippen LogP contribution >= 0.6 is 21.6 Å². The van der Waals surface area contributed by atoms with E-state index in [1.165, 1.54) is 0 Å². The molecule has 10 heteroatoms. The number of hydrogen-bond acceptors (Lipinski definition) is 8. The molecule has 2 aromatic carbocycles. The molecule has 0 atom stereocenters. The Morgan fingerprint density at radius 1 is 0.457 bits per heavy atom. The standard InChI is InChI=1S/C36H42N2O6S2/c1-39-31-23-29(24-32(40-2)35(31)43-5)9-7-27-11-15-37(16-12-27)19-21-45-46-22-20-38-17-13-28(14-18-38)8-10-30-25-33(41-3)36(44-6)34(26-30)42-4/h7-18,23-26H,19-22H2,1-6H3/q+2/b9-7+,10-8+. The maximum Gasteiger partial charge on any atom is 0.203 e. The Morgan fingerprint density at radius 3 is 1.04 bits per heavy atom. The number of aromatic nitrogens is 2. The minimum absolute atomic E-state index is 0.589. The smallest absolute Gasteiger partial charge is 0.203 e. The van der Waals surface area contributed by atoms with Gasteiger partial charge in [0.15, 0.2) is 60.9 Å². The van der Waals surface area contributed by atoms with Crippen molar-refractivity contribution in [1.82, 2.24) is 0 Å². The summed E-state index contributed by atoms with van der Waals surface area (Å²) in [5.41, 5.74) is 4.18. The molecule has 0 bridgehead atoms. The van der Waals surface area contributed by atoms with Crippen LogP contribution in [0.15, 0.2) is 73.3 Å². The van der Waals surface area contributed by atoms with E-state index in [-0.39, 0.29) is 0 Å². The normalized spacial score (nSPS) is 11.2. The fourth-order valence-corrected chi connectivity index (χ4v) is 6.60. The van der Waals surface area contributed by atoms with Gasteiger partial charge in [0.25, 0.3) is 0 Å². The molecular weight excluding hydrogens is 621 g/mol. The molecule has 0 radical (unpaired) electrons. The van der Waals surface area contributed by atoms with Crippen molar-refractivity contribution in [3.8, 4) is 34.5 Å². The summed E-state index contributed by atoms with van der Waals surface area (Å²) in [5, 5.41) is 0. The van der Waals surface area contributed by atoms with Crippen molar-refractivity contribution in [2.24, 2.45) is 0 Å². The quantitative estimate of drug-likeness (QED) is 0.0701. The first-order valence-corrected chi connectivity index (χ1v) is 17.2. The van der Waals surface area contributed by atoms with Crippen molar-refractivity contribution in [3.63, 3.8) is 0 Å². The van der Waals surface area contributed by atoms with E-state index in [0.29, 0.717) is 34.5 Å². The highest BCUT2D eigenvalue weighted by Crippen LogP contribution is 2.39. The third-order valence-corrected chi connectivity index (χ3v) is 9.46. The SMILES string of the molecule is COc1cc(/C=C/c2cc[n+](CCSSCC[n+]3ccc(/C=C/c4cc(OC)c(OC)c(OC)c4)cc3)cc2)cc(OC)c1OC. The maximum absolute atomic E-state index is 5.46. The van der Waals surface area contributed by atoms with E-state index >= 15 is 0 Å². The van der Waals surface area contributed by atoms with Crippen LogP contribution in [0.5, 0.6) is 34.5 Å². The Morgan fingerprint density at radius 2 is 0.761 bits per heavy atom. The molecule has 0 unspecified atom stereocenters. The summed E-state index contributed by atoms with van der Waals surface area (Å²) >= 11 is 0. The fraction of sp³-hybridized carbons (Fsp3) is 0.278. The van der Waals surface area contributed by atoms with Crippen molar-refractivity contribution in [2.45, 2.75) is 13.1 Å². The van der Waals surface area contributed by atoms with Gasteiger partial charge in [0.05, 0.1) is 54.2 Å². The van der Waals surface area contributed by atoms with E-state index in [2.05, 4.69) is 70.3 Å². The monoisotopic (exact) mass is 662 g/mol. The van der Waals surface area contributed by atoms with E-state index < -0.39 is 0 Å². The molecule has 4 rings (SSSR count). The summed E-state index contributed by atoms with van der Waals surface area (Å²) < 4.78 is 37.1. The van der Waals surface area contributed by atoms with Crippen LogP contribution in [0.25, 0.3) is 24.3 Å². The zero-order chi connectivity index (χ0) is 32.7. The lowest BCUT2D eigenvalue weighted by Crippen LogP contribution is -2.34. The van der Waals surface area contributed by atoms with Gasteiger partial charge in [0.2, 0.25) is 11.5 Å². The van der Waals surface area contributed by atoms with Gasteiger partial charge in [-0.1, -0.05) is 45.9 Å². The van der Waals surface area contributed by atoms with Crippen LogP contribution in [0.2, 0.25) is 0 Å². The van der Waals surface area contributed by atoms with Crippen molar-refractivity contribution >= 4 is 45.9 Å². The lowest BCUT2D eigenvalue weighted by atomic mass is 10.1.